The molecule has 3 atom stereocenters. The SMILES string of the molecule is CC(CC(C)(C)c1ccccc1)NC(=O)C[C@@H]1CCC[C@H]1N.Cl. The van der Waals surface area contributed by atoms with Crippen LogP contribution in [0.2, 0.25) is 0 Å². The van der Waals surface area contributed by atoms with E-state index in [4.69, 9.17) is 5.73 Å². The summed E-state index contributed by atoms with van der Waals surface area (Å²) in [5.74, 6) is 0.521. The number of rotatable bonds is 6. The van der Waals surface area contributed by atoms with Crippen molar-refractivity contribution in [1.82, 2.24) is 5.32 Å². The number of benzene rings is 1. The molecule has 3 nitrogen and oxygen atoms in total. The average molecular weight is 339 g/mol. The molecular weight excluding hydrogens is 308 g/mol. The van der Waals surface area contributed by atoms with Crippen molar-refractivity contribution in [2.75, 3.05) is 0 Å². The lowest BCUT2D eigenvalue weighted by molar-refractivity contribution is -0.122. The first kappa shape index (κ1) is 20.0. The molecule has 0 bridgehead atoms. The zero-order chi connectivity index (χ0) is 16.2. The van der Waals surface area contributed by atoms with Gasteiger partial charge in [0.15, 0.2) is 0 Å². The molecule has 1 fully saturated rings. The van der Waals surface area contributed by atoms with Gasteiger partial charge in [-0.05, 0) is 43.1 Å². The Morgan fingerprint density at radius 2 is 1.96 bits per heavy atom. The quantitative estimate of drug-likeness (QED) is 0.829. The number of hydrogen-bond donors (Lipinski definition) is 2. The van der Waals surface area contributed by atoms with E-state index < -0.39 is 0 Å². The van der Waals surface area contributed by atoms with Crippen LogP contribution in [0.15, 0.2) is 30.3 Å². The fraction of sp³-hybridized carbons (Fsp3) is 0.632. The molecule has 1 aromatic rings. The minimum atomic E-state index is 0. The molecular formula is C19H31ClN2O. The number of hydrogen-bond acceptors (Lipinski definition) is 2. The molecule has 1 aliphatic rings. The van der Waals surface area contributed by atoms with Crippen molar-refractivity contribution in [3.05, 3.63) is 35.9 Å². The fourth-order valence-corrected chi connectivity index (χ4v) is 3.71. The Bertz CT molecular complexity index is 489. The Kier molecular flexibility index (Phi) is 7.56. The maximum atomic E-state index is 12.2. The van der Waals surface area contributed by atoms with Gasteiger partial charge in [-0.3, -0.25) is 4.79 Å². The molecule has 1 aromatic carbocycles. The normalized spacial score (nSPS) is 22.3. The van der Waals surface area contributed by atoms with Gasteiger partial charge in [-0.1, -0.05) is 50.6 Å². The van der Waals surface area contributed by atoms with Crippen LogP contribution >= 0.6 is 12.4 Å². The second-order valence-corrected chi connectivity index (χ2v) is 7.48. The van der Waals surface area contributed by atoms with E-state index in [0.717, 1.165) is 25.7 Å². The first-order valence-electron chi connectivity index (χ1n) is 8.49. The van der Waals surface area contributed by atoms with Crippen molar-refractivity contribution in [2.45, 2.75) is 70.4 Å². The van der Waals surface area contributed by atoms with Crippen LogP contribution in [0.1, 0.15) is 58.4 Å². The lowest BCUT2D eigenvalue weighted by Crippen LogP contribution is -2.39. The zero-order valence-corrected chi connectivity index (χ0v) is 15.4. The Morgan fingerprint density at radius 3 is 2.52 bits per heavy atom. The highest BCUT2D eigenvalue weighted by atomic mass is 35.5. The van der Waals surface area contributed by atoms with Crippen LogP contribution in [0.25, 0.3) is 0 Å². The molecule has 0 saturated heterocycles. The molecule has 0 aliphatic heterocycles. The third-order valence-corrected chi connectivity index (χ3v) is 4.94. The highest BCUT2D eigenvalue weighted by Gasteiger charge is 2.28. The zero-order valence-electron chi connectivity index (χ0n) is 14.5. The van der Waals surface area contributed by atoms with Gasteiger partial charge in [0.25, 0.3) is 0 Å². The van der Waals surface area contributed by atoms with Gasteiger partial charge in [0.2, 0.25) is 5.91 Å². The van der Waals surface area contributed by atoms with Crippen molar-refractivity contribution in [1.29, 1.82) is 0 Å². The van der Waals surface area contributed by atoms with E-state index >= 15 is 0 Å². The molecule has 1 unspecified atom stereocenters. The maximum absolute atomic E-state index is 12.2. The van der Waals surface area contributed by atoms with E-state index in [2.05, 4.69) is 50.4 Å². The lowest BCUT2D eigenvalue weighted by atomic mass is 9.79. The predicted molar refractivity (Wildman–Crippen MR) is 98.9 cm³/mol. The van der Waals surface area contributed by atoms with Gasteiger partial charge in [0, 0.05) is 18.5 Å². The smallest absolute Gasteiger partial charge is 0.220 e. The highest BCUT2D eigenvalue weighted by Crippen LogP contribution is 2.29. The van der Waals surface area contributed by atoms with Gasteiger partial charge in [-0.25, -0.2) is 0 Å². The first-order valence-corrected chi connectivity index (χ1v) is 8.49. The van der Waals surface area contributed by atoms with Gasteiger partial charge in [0.05, 0.1) is 0 Å². The van der Waals surface area contributed by atoms with Gasteiger partial charge in [-0.2, -0.15) is 0 Å². The second-order valence-electron chi connectivity index (χ2n) is 7.48. The van der Waals surface area contributed by atoms with Crippen molar-refractivity contribution in [3.63, 3.8) is 0 Å². The summed E-state index contributed by atoms with van der Waals surface area (Å²) in [5.41, 5.74) is 7.42. The molecule has 23 heavy (non-hydrogen) atoms. The molecule has 1 amide bonds. The van der Waals surface area contributed by atoms with Crippen molar-refractivity contribution >= 4 is 18.3 Å². The topological polar surface area (TPSA) is 55.1 Å². The Hall–Kier alpha value is -1.06. The summed E-state index contributed by atoms with van der Waals surface area (Å²) in [6.07, 6.45) is 4.83. The van der Waals surface area contributed by atoms with Crippen LogP contribution in [0.4, 0.5) is 0 Å². The number of carbonyl (C=O) groups is 1. The molecule has 130 valence electrons. The molecule has 0 radical (unpaired) electrons. The van der Waals surface area contributed by atoms with Crippen LogP contribution in [0, 0.1) is 5.92 Å². The van der Waals surface area contributed by atoms with Crippen LogP contribution in [0.3, 0.4) is 0 Å². The molecule has 0 spiro atoms. The van der Waals surface area contributed by atoms with Crippen LogP contribution < -0.4 is 11.1 Å². The first-order chi connectivity index (χ1) is 10.4. The fourth-order valence-electron chi connectivity index (χ4n) is 3.71. The average Bonchev–Trinajstić information content (AvgIpc) is 2.84. The predicted octanol–water partition coefficient (Wildman–Crippen LogP) is 3.80. The third-order valence-electron chi connectivity index (χ3n) is 4.94. The van der Waals surface area contributed by atoms with Crippen LogP contribution in [-0.4, -0.2) is 18.0 Å². The lowest BCUT2D eigenvalue weighted by Gasteiger charge is -2.29. The van der Waals surface area contributed by atoms with Gasteiger partial charge >= 0.3 is 0 Å². The highest BCUT2D eigenvalue weighted by molar-refractivity contribution is 5.85. The van der Waals surface area contributed by atoms with E-state index in [-0.39, 0.29) is 35.8 Å². The third kappa shape index (κ3) is 5.82. The number of nitrogens with one attached hydrogen (secondary N) is 1. The Labute approximate surface area is 146 Å². The summed E-state index contributed by atoms with van der Waals surface area (Å²) in [5, 5.41) is 3.16. The molecule has 0 aromatic heterocycles. The Morgan fingerprint density at radius 1 is 1.30 bits per heavy atom. The minimum Gasteiger partial charge on any atom is -0.354 e. The standard InChI is InChI=1S/C19H30N2O.ClH/c1-14(13-19(2,3)16-9-5-4-6-10-16)21-18(22)12-15-8-7-11-17(15)20;/h4-6,9-10,14-15,17H,7-8,11-13,20H2,1-3H3,(H,21,22);1H/t14?,15-,17+;/m0./s1. The number of halogens is 1. The van der Waals surface area contributed by atoms with E-state index in [0.29, 0.717) is 12.3 Å². The number of carbonyl (C=O) groups excluding carboxylic acids is 1. The van der Waals surface area contributed by atoms with Crippen molar-refractivity contribution in [2.24, 2.45) is 11.7 Å². The molecule has 2 rings (SSSR count). The summed E-state index contributed by atoms with van der Waals surface area (Å²) in [4.78, 5) is 12.2. The summed E-state index contributed by atoms with van der Waals surface area (Å²) in [6.45, 7) is 6.56. The molecule has 4 heteroatoms. The second kappa shape index (κ2) is 8.70. The molecule has 1 aliphatic carbocycles. The van der Waals surface area contributed by atoms with Gasteiger partial charge < -0.3 is 11.1 Å². The summed E-state index contributed by atoms with van der Waals surface area (Å²) in [6, 6.07) is 10.9. The molecule has 0 heterocycles. The Balaban J connectivity index is 0.00000264. The van der Waals surface area contributed by atoms with E-state index in [9.17, 15) is 4.79 Å². The van der Waals surface area contributed by atoms with Gasteiger partial charge in [0.1, 0.15) is 0 Å². The van der Waals surface area contributed by atoms with Crippen LogP contribution in [0.5, 0.6) is 0 Å². The largest absolute Gasteiger partial charge is 0.354 e. The number of amides is 1. The van der Waals surface area contributed by atoms with E-state index in [1.807, 2.05) is 6.07 Å². The van der Waals surface area contributed by atoms with E-state index in [1.54, 1.807) is 0 Å². The summed E-state index contributed by atoms with van der Waals surface area (Å²) in [7, 11) is 0. The summed E-state index contributed by atoms with van der Waals surface area (Å²) >= 11 is 0. The van der Waals surface area contributed by atoms with Crippen molar-refractivity contribution in [3.8, 4) is 0 Å². The monoisotopic (exact) mass is 338 g/mol. The summed E-state index contributed by atoms with van der Waals surface area (Å²) < 4.78 is 0. The minimum absolute atomic E-state index is 0. The molecule has 1 saturated carbocycles. The van der Waals surface area contributed by atoms with Crippen LogP contribution in [-0.2, 0) is 10.2 Å². The molecule has 3 N–H and O–H groups in total. The maximum Gasteiger partial charge on any atom is 0.220 e. The van der Waals surface area contributed by atoms with Gasteiger partial charge in [-0.15, -0.1) is 12.4 Å². The number of nitrogens with two attached hydrogens (primary N) is 1. The van der Waals surface area contributed by atoms with Crippen molar-refractivity contribution < 1.29 is 4.79 Å². The van der Waals surface area contributed by atoms with E-state index in [1.165, 1.54) is 5.56 Å².